The molecular formula is C27H28N2O2. The molecule has 31 heavy (non-hydrogen) atoms. The minimum absolute atomic E-state index is 0.0602. The molecule has 1 aliphatic heterocycles. The summed E-state index contributed by atoms with van der Waals surface area (Å²) < 4.78 is 5.22. The van der Waals surface area contributed by atoms with Crippen LogP contribution in [-0.2, 0) is 9.53 Å². The molecule has 4 nitrogen and oxygen atoms in total. The fraction of sp³-hybridized carbons (Fsp3) is 0.222. The van der Waals surface area contributed by atoms with Crippen molar-refractivity contribution in [2.24, 2.45) is 0 Å². The van der Waals surface area contributed by atoms with Crippen molar-refractivity contribution in [1.82, 2.24) is 5.32 Å². The van der Waals surface area contributed by atoms with Crippen molar-refractivity contribution in [3.8, 4) is 0 Å². The Morgan fingerprint density at radius 1 is 0.903 bits per heavy atom. The number of hydrogen-bond donors (Lipinski definition) is 2. The highest BCUT2D eigenvalue weighted by Gasteiger charge is 2.35. The van der Waals surface area contributed by atoms with Gasteiger partial charge in [-0.3, -0.25) is 5.32 Å². The molecule has 1 heterocycles. The Balaban J connectivity index is 1.84. The summed E-state index contributed by atoms with van der Waals surface area (Å²) >= 11 is 0. The smallest absolute Gasteiger partial charge is 0.337 e. The van der Waals surface area contributed by atoms with E-state index in [-0.39, 0.29) is 18.1 Å². The van der Waals surface area contributed by atoms with Crippen LogP contribution in [0.25, 0.3) is 0 Å². The molecule has 0 unspecified atom stereocenters. The van der Waals surface area contributed by atoms with Crippen molar-refractivity contribution in [2.45, 2.75) is 32.4 Å². The second-order valence-electron chi connectivity index (χ2n) is 8.06. The lowest BCUT2D eigenvalue weighted by atomic mass is 9.86. The molecule has 0 amide bonds. The summed E-state index contributed by atoms with van der Waals surface area (Å²) in [5.41, 5.74) is 7.08. The highest BCUT2D eigenvalue weighted by molar-refractivity contribution is 5.92. The Morgan fingerprint density at radius 3 is 2.19 bits per heavy atom. The summed E-state index contributed by atoms with van der Waals surface area (Å²) in [6.45, 7) is 4.16. The average Bonchev–Trinajstić information content (AvgIpc) is 2.79. The maximum absolute atomic E-state index is 13.0. The van der Waals surface area contributed by atoms with Crippen LogP contribution in [0.5, 0.6) is 0 Å². The van der Waals surface area contributed by atoms with Gasteiger partial charge in [-0.15, -0.1) is 0 Å². The van der Waals surface area contributed by atoms with Gasteiger partial charge in [0.15, 0.2) is 0 Å². The first-order valence-corrected chi connectivity index (χ1v) is 10.6. The first-order valence-electron chi connectivity index (χ1n) is 10.6. The van der Waals surface area contributed by atoms with Crippen LogP contribution >= 0.6 is 0 Å². The average molecular weight is 413 g/mol. The topological polar surface area (TPSA) is 50.4 Å². The number of carbonyl (C=O) groups is 1. The zero-order chi connectivity index (χ0) is 21.8. The quantitative estimate of drug-likeness (QED) is 0.534. The standard InChI is InChI=1S/C27H28N2O2/c1-18-9-7-11-20(15-18)23-17-24(28-22-13-5-4-6-14-22)25(27(30)31-3)26(29-23)21-12-8-10-19(2)16-21/h4-16,23,26,28-29H,17H2,1-3H3/t23-,26+/m0/s1. The van der Waals surface area contributed by atoms with Gasteiger partial charge >= 0.3 is 5.97 Å². The molecule has 158 valence electrons. The molecule has 3 aromatic carbocycles. The van der Waals surface area contributed by atoms with Gasteiger partial charge in [0.2, 0.25) is 0 Å². The van der Waals surface area contributed by atoms with E-state index in [4.69, 9.17) is 4.74 Å². The summed E-state index contributed by atoms with van der Waals surface area (Å²) in [5.74, 6) is -0.319. The van der Waals surface area contributed by atoms with Crippen LogP contribution in [0.2, 0.25) is 0 Å². The van der Waals surface area contributed by atoms with E-state index < -0.39 is 0 Å². The summed E-state index contributed by atoms with van der Waals surface area (Å²) in [4.78, 5) is 13.0. The zero-order valence-corrected chi connectivity index (χ0v) is 18.2. The Hall–Kier alpha value is -3.37. The second-order valence-corrected chi connectivity index (χ2v) is 8.06. The van der Waals surface area contributed by atoms with E-state index in [2.05, 4.69) is 66.9 Å². The Labute approximate surface area is 184 Å². The second kappa shape index (κ2) is 9.19. The predicted molar refractivity (Wildman–Crippen MR) is 125 cm³/mol. The molecule has 0 saturated carbocycles. The van der Waals surface area contributed by atoms with E-state index in [1.165, 1.54) is 18.2 Å². The number of anilines is 1. The van der Waals surface area contributed by atoms with Gasteiger partial charge in [-0.05, 0) is 37.1 Å². The number of benzene rings is 3. The largest absolute Gasteiger partial charge is 0.466 e. The molecule has 0 bridgehead atoms. The van der Waals surface area contributed by atoms with Crippen LogP contribution in [0.3, 0.4) is 0 Å². The number of ether oxygens (including phenoxy) is 1. The van der Waals surface area contributed by atoms with Crippen molar-refractivity contribution in [3.05, 3.63) is 112 Å². The summed E-state index contributed by atoms with van der Waals surface area (Å²) in [6.07, 6.45) is 0.658. The molecule has 0 radical (unpaired) electrons. The minimum atomic E-state index is -0.319. The van der Waals surface area contributed by atoms with E-state index >= 15 is 0 Å². The molecule has 3 aromatic rings. The number of methoxy groups -OCH3 is 1. The summed E-state index contributed by atoms with van der Waals surface area (Å²) in [6, 6.07) is 26.5. The Kier molecular flexibility index (Phi) is 6.19. The maximum atomic E-state index is 13.0. The fourth-order valence-corrected chi connectivity index (χ4v) is 4.21. The predicted octanol–water partition coefficient (Wildman–Crippen LogP) is 5.62. The number of esters is 1. The Bertz CT molecular complexity index is 1100. The van der Waals surface area contributed by atoms with Crippen molar-refractivity contribution < 1.29 is 9.53 Å². The lowest BCUT2D eigenvalue weighted by molar-refractivity contribution is -0.136. The van der Waals surface area contributed by atoms with Crippen LogP contribution < -0.4 is 10.6 Å². The van der Waals surface area contributed by atoms with Gasteiger partial charge in [-0.1, -0.05) is 77.9 Å². The third-order valence-corrected chi connectivity index (χ3v) is 5.68. The zero-order valence-electron chi connectivity index (χ0n) is 18.2. The number of para-hydroxylation sites is 1. The van der Waals surface area contributed by atoms with Crippen molar-refractivity contribution in [1.29, 1.82) is 0 Å². The van der Waals surface area contributed by atoms with Crippen molar-refractivity contribution in [3.63, 3.8) is 0 Å². The minimum Gasteiger partial charge on any atom is -0.466 e. The van der Waals surface area contributed by atoms with Crippen molar-refractivity contribution in [2.75, 3.05) is 12.4 Å². The van der Waals surface area contributed by atoms with Crippen LogP contribution in [0.15, 0.2) is 90.1 Å². The normalized spacial score (nSPS) is 18.5. The van der Waals surface area contributed by atoms with Gasteiger partial charge in [0, 0.05) is 23.8 Å². The molecule has 0 saturated heterocycles. The van der Waals surface area contributed by atoms with Gasteiger partial charge < -0.3 is 10.1 Å². The highest BCUT2D eigenvalue weighted by Crippen LogP contribution is 2.38. The van der Waals surface area contributed by atoms with Gasteiger partial charge in [-0.2, -0.15) is 0 Å². The number of carbonyl (C=O) groups excluding carboxylic acids is 1. The molecule has 0 aliphatic carbocycles. The fourth-order valence-electron chi connectivity index (χ4n) is 4.21. The molecule has 2 N–H and O–H groups in total. The molecule has 4 heteroatoms. The molecule has 2 atom stereocenters. The SMILES string of the molecule is COC(=O)C1=C(Nc2ccccc2)C[C@@H](c2cccc(C)c2)N[C@@H]1c1cccc(C)c1. The summed E-state index contributed by atoms with van der Waals surface area (Å²) in [5, 5.41) is 7.24. The summed E-state index contributed by atoms with van der Waals surface area (Å²) in [7, 11) is 1.44. The Morgan fingerprint density at radius 2 is 1.55 bits per heavy atom. The van der Waals surface area contributed by atoms with Gasteiger partial charge in [0.05, 0.1) is 18.7 Å². The molecule has 0 fully saturated rings. The molecular weight excluding hydrogens is 384 g/mol. The van der Waals surface area contributed by atoms with E-state index in [1.807, 2.05) is 36.4 Å². The first kappa shape index (κ1) is 20.9. The number of rotatable bonds is 5. The van der Waals surface area contributed by atoms with E-state index in [0.29, 0.717) is 12.0 Å². The van der Waals surface area contributed by atoms with Crippen LogP contribution in [0, 0.1) is 13.8 Å². The number of nitrogens with one attached hydrogen (secondary N) is 2. The van der Waals surface area contributed by atoms with Crippen molar-refractivity contribution >= 4 is 11.7 Å². The molecule has 1 aliphatic rings. The maximum Gasteiger partial charge on any atom is 0.337 e. The van der Waals surface area contributed by atoms with Gasteiger partial charge in [0.25, 0.3) is 0 Å². The lowest BCUT2D eigenvalue weighted by Gasteiger charge is -2.35. The molecule has 0 aromatic heterocycles. The number of hydrogen-bond acceptors (Lipinski definition) is 4. The van der Waals surface area contributed by atoms with Crippen LogP contribution in [0.1, 0.15) is 40.8 Å². The third-order valence-electron chi connectivity index (χ3n) is 5.68. The third kappa shape index (κ3) is 4.70. The van der Waals surface area contributed by atoms with Crippen LogP contribution in [-0.4, -0.2) is 13.1 Å². The van der Waals surface area contributed by atoms with Crippen LogP contribution in [0.4, 0.5) is 5.69 Å². The van der Waals surface area contributed by atoms with E-state index in [1.54, 1.807) is 0 Å². The lowest BCUT2D eigenvalue weighted by Crippen LogP contribution is -2.37. The molecule has 0 spiro atoms. The first-order chi connectivity index (χ1) is 15.0. The monoisotopic (exact) mass is 412 g/mol. The van der Waals surface area contributed by atoms with Gasteiger partial charge in [0.1, 0.15) is 0 Å². The number of aryl methyl sites for hydroxylation is 2. The van der Waals surface area contributed by atoms with Gasteiger partial charge in [-0.25, -0.2) is 4.79 Å². The van der Waals surface area contributed by atoms with E-state index in [9.17, 15) is 4.79 Å². The van der Waals surface area contributed by atoms with E-state index in [0.717, 1.165) is 22.5 Å². The molecule has 4 rings (SSSR count). The highest BCUT2D eigenvalue weighted by atomic mass is 16.5.